The van der Waals surface area contributed by atoms with Gasteiger partial charge in [-0.15, -0.1) is 0 Å². The van der Waals surface area contributed by atoms with Crippen LogP contribution in [-0.4, -0.2) is 14.1 Å². The van der Waals surface area contributed by atoms with Crippen molar-refractivity contribution in [3.8, 4) is 5.69 Å². The third-order valence-electron chi connectivity index (χ3n) is 3.48. The Morgan fingerprint density at radius 1 is 1.25 bits per heavy atom. The van der Waals surface area contributed by atoms with Crippen LogP contribution >= 0.6 is 0 Å². The number of nitro groups is 1. The number of hydrogen-bond donors (Lipinski definition) is 0. The molecule has 0 aliphatic rings. The molecule has 128 valence electrons. The fraction of sp³-hybridized carbons (Fsp3) is 0.286. The molecule has 0 amide bonds. The van der Waals surface area contributed by atoms with Crippen LogP contribution in [0.3, 0.4) is 0 Å². The highest BCUT2D eigenvalue weighted by atomic mass is 19.4. The predicted octanol–water partition coefficient (Wildman–Crippen LogP) is 2.25. The fourth-order valence-corrected chi connectivity index (χ4v) is 2.35. The number of aromatic nitrogens is 2. The second-order valence-corrected chi connectivity index (χ2v) is 4.91. The van der Waals surface area contributed by atoms with E-state index in [2.05, 4.69) is 0 Å². The monoisotopic (exact) mass is 343 g/mol. The third-order valence-corrected chi connectivity index (χ3v) is 3.48. The zero-order chi connectivity index (χ0) is 18.2. The summed E-state index contributed by atoms with van der Waals surface area (Å²) in [5.41, 5.74) is -4.44. The molecule has 0 atom stereocenters. The predicted molar refractivity (Wildman–Crippen MR) is 78.4 cm³/mol. The second-order valence-electron chi connectivity index (χ2n) is 4.91. The lowest BCUT2D eigenvalue weighted by atomic mass is 10.2. The van der Waals surface area contributed by atoms with Crippen LogP contribution in [-0.2, 0) is 12.7 Å². The van der Waals surface area contributed by atoms with E-state index in [4.69, 9.17) is 0 Å². The van der Waals surface area contributed by atoms with Crippen LogP contribution in [0, 0.1) is 17.0 Å². The molecule has 2 aromatic rings. The van der Waals surface area contributed by atoms with Crippen molar-refractivity contribution < 1.29 is 18.1 Å². The number of hydrogen-bond acceptors (Lipinski definition) is 4. The molecule has 0 aliphatic carbocycles. The molecule has 1 aromatic heterocycles. The van der Waals surface area contributed by atoms with Gasteiger partial charge in [0.2, 0.25) is 0 Å². The summed E-state index contributed by atoms with van der Waals surface area (Å²) in [6.07, 6.45) is -4.64. The maximum Gasteiger partial charge on any atom is 0.416 e. The van der Waals surface area contributed by atoms with E-state index in [0.29, 0.717) is 10.6 Å². The van der Waals surface area contributed by atoms with Gasteiger partial charge in [0.05, 0.1) is 16.2 Å². The quantitative estimate of drug-likeness (QED) is 0.632. The van der Waals surface area contributed by atoms with Crippen molar-refractivity contribution in [2.24, 2.45) is 0 Å². The Kier molecular flexibility index (Phi) is 4.32. The van der Waals surface area contributed by atoms with E-state index in [1.165, 1.54) is 13.0 Å². The molecular weight excluding hydrogens is 331 g/mol. The lowest BCUT2D eigenvalue weighted by Crippen LogP contribution is -2.41. The average molecular weight is 343 g/mol. The summed E-state index contributed by atoms with van der Waals surface area (Å²) < 4.78 is 39.9. The molecule has 0 saturated heterocycles. The Bertz CT molecular complexity index is 928. The van der Waals surface area contributed by atoms with E-state index in [9.17, 15) is 32.9 Å². The molecule has 7 nitrogen and oxygen atoms in total. The van der Waals surface area contributed by atoms with Gasteiger partial charge in [-0.25, -0.2) is 4.79 Å². The lowest BCUT2D eigenvalue weighted by molar-refractivity contribution is -0.387. The topological polar surface area (TPSA) is 87.1 Å². The molecule has 0 radical (unpaired) electrons. The summed E-state index contributed by atoms with van der Waals surface area (Å²) in [6.45, 7) is 2.41. The van der Waals surface area contributed by atoms with E-state index in [-0.39, 0.29) is 17.9 Å². The van der Waals surface area contributed by atoms with Gasteiger partial charge in [0.15, 0.2) is 0 Å². The number of alkyl halides is 3. The maximum atomic E-state index is 12.9. The molecular formula is C14H12F3N3O4. The van der Waals surface area contributed by atoms with Crippen molar-refractivity contribution >= 4 is 5.69 Å². The first-order valence-corrected chi connectivity index (χ1v) is 6.78. The van der Waals surface area contributed by atoms with Gasteiger partial charge in [-0.2, -0.15) is 13.2 Å². The summed E-state index contributed by atoms with van der Waals surface area (Å²) in [6, 6.07) is 3.80. The average Bonchev–Trinajstić information content (AvgIpc) is 2.46. The van der Waals surface area contributed by atoms with Crippen LogP contribution in [0.25, 0.3) is 5.69 Å². The standard InChI is InChI=1S/C14H12F3N3O4/c1-3-18-12(21)11(20(23)24)8(2)19(13(18)22)10-6-4-5-9(7-10)14(15,16)17/h4-7H,3H2,1-2H3. The maximum absolute atomic E-state index is 12.9. The minimum atomic E-state index is -4.64. The normalized spacial score (nSPS) is 11.5. The Morgan fingerprint density at radius 2 is 1.88 bits per heavy atom. The first kappa shape index (κ1) is 17.4. The van der Waals surface area contributed by atoms with Gasteiger partial charge in [0, 0.05) is 6.54 Å². The molecule has 10 heteroatoms. The Morgan fingerprint density at radius 3 is 2.38 bits per heavy atom. The van der Waals surface area contributed by atoms with Gasteiger partial charge < -0.3 is 0 Å². The van der Waals surface area contributed by atoms with Crippen LogP contribution in [0.5, 0.6) is 0 Å². The molecule has 0 aliphatic heterocycles. The zero-order valence-corrected chi connectivity index (χ0v) is 12.6. The summed E-state index contributed by atoms with van der Waals surface area (Å²) in [5, 5.41) is 11.1. The highest BCUT2D eigenvalue weighted by Crippen LogP contribution is 2.30. The molecule has 24 heavy (non-hydrogen) atoms. The van der Waals surface area contributed by atoms with Crippen molar-refractivity contribution in [3.63, 3.8) is 0 Å². The van der Waals surface area contributed by atoms with E-state index in [0.717, 1.165) is 23.6 Å². The number of rotatable bonds is 3. The highest BCUT2D eigenvalue weighted by Gasteiger charge is 2.31. The van der Waals surface area contributed by atoms with Gasteiger partial charge in [-0.3, -0.25) is 24.0 Å². The van der Waals surface area contributed by atoms with E-state index < -0.39 is 33.6 Å². The Hall–Kier alpha value is -2.91. The van der Waals surface area contributed by atoms with Gasteiger partial charge in [-0.1, -0.05) is 6.07 Å². The van der Waals surface area contributed by atoms with Crippen LogP contribution in [0.15, 0.2) is 33.9 Å². The number of benzene rings is 1. The van der Waals surface area contributed by atoms with Crippen molar-refractivity contribution in [2.45, 2.75) is 26.6 Å². The summed E-state index contributed by atoms with van der Waals surface area (Å²) in [5.74, 6) is 0. The SMILES string of the molecule is CCn1c(=O)c([N+](=O)[O-])c(C)n(-c2cccc(C(F)(F)F)c2)c1=O. The molecule has 1 heterocycles. The van der Waals surface area contributed by atoms with Crippen molar-refractivity contribution in [2.75, 3.05) is 0 Å². The first-order valence-electron chi connectivity index (χ1n) is 6.78. The minimum absolute atomic E-state index is 0.155. The van der Waals surface area contributed by atoms with Gasteiger partial charge >= 0.3 is 23.1 Å². The largest absolute Gasteiger partial charge is 0.416 e. The van der Waals surface area contributed by atoms with E-state index in [1.807, 2.05) is 0 Å². The molecule has 0 bridgehead atoms. The second kappa shape index (κ2) is 5.95. The van der Waals surface area contributed by atoms with Crippen LogP contribution in [0.1, 0.15) is 18.2 Å². The zero-order valence-electron chi connectivity index (χ0n) is 12.6. The van der Waals surface area contributed by atoms with Crippen LogP contribution in [0.4, 0.5) is 18.9 Å². The molecule has 0 saturated carbocycles. The first-order chi connectivity index (χ1) is 11.1. The number of halogens is 3. The van der Waals surface area contributed by atoms with Crippen molar-refractivity contribution in [3.05, 3.63) is 66.5 Å². The Labute approximate surface area is 132 Å². The van der Waals surface area contributed by atoms with Gasteiger partial charge in [-0.05, 0) is 32.0 Å². The van der Waals surface area contributed by atoms with E-state index in [1.54, 1.807) is 0 Å². The van der Waals surface area contributed by atoms with Gasteiger partial charge in [0.25, 0.3) is 0 Å². The molecule has 0 fully saturated rings. The van der Waals surface area contributed by atoms with Crippen molar-refractivity contribution in [1.82, 2.24) is 9.13 Å². The van der Waals surface area contributed by atoms with Crippen LogP contribution < -0.4 is 11.2 Å². The molecule has 1 aromatic carbocycles. The summed E-state index contributed by atoms with van der Waals surface area (Å²) in [4.78, 5) is 34.6. The molecule has 0 unspecified atom stereocenters. The molecule has 0 spiro atoms. The van der Waals surface area contributed by atoms with Gasteiger partial charge in [0.1, 0.15) is 5.69 Å². The van der Waals surface area contributed by atoms with Crippen molar-refractivity contribution in [1.29, 1.82) is 0 Å². The van der Waals surface area contributed by atoms with Crippen LogP contribution in [0.2, 0.25) is 0 Å². The smallest absolute Gasteiger partial charge is 0.261 e. The summed E-state index contributed by atoms with van der Waals surface area (Å²) in [7, 11) is 0. The Balaban J connectivity index is 2.90. The number of nitrogens with zero attached hydrogens (tertiary/aromatic N) is 3. The molecule has 2 rings (SSSR count). The molecule has 0 N–H and O–H groups in total. The third kappa shape index (κ3) is 2.82. The summed E-state index contributed by atoms with van der Waals surface area (Å²) >= 11 is 0. The van der Waals surface area contributed by atoms with E-state index >= 15 is 0 Å². The fourth-order valence-electron chi connectivity index (χ4n) is 2.35. The minimum Gasteiger partial charge on any atom is -0.261 e. The lowest BCUT2D eigenvalue weighted by Gasteiger charge is -2.14. The highest BCUT2D eigenvalue weighted by molar-refractivity contribution is 5.43.